The van der Waals surface area contributed by atoms with Crippen molar-refractivity contribution in [1.29, 1.82) is 0 Å². The van der Waals surface area contributed by atoms with Crippen LogP contribution in [0.1, 0.15) is 0 Å². The highest BCUT2D eigenvalue weighted by molar-refractivity contribution is 6.14. The van der Waals surface area contributed by atoms with Crippen LogP contribution < -0.4 is 0 Å². The van der Waals surface area contributed by atoms with Gasteiger partial charge in [0, 0.05) is 50.0 Å². The first-order valence-corrected chi connectivity index (χ1v) is 22.9. The molecule has 6 nitrogen and oxygen atoms in total. The fraction of sp³-hybridized carbons (Fsp3) is 0. The second-order valence-corrected chi connectivity index (χ2v) is 17.0. The third-order valence-electron chi connectivity index (χ3n) is 13.1. The summed E-state index contributed by atoms with van der Waals surface area (Å²) >= 11 is 0. The van der Waals surface area contributed by atoms with Gasteiger partial charge in [-0.1, -0.05) is 188 Å². The second-order valence-electron chi connectivity index (χ2n) is 17.0. The number of fused-ring (bicyclic) bond motifs is 6. The average Bonchev–Trinajstić information content (AvgIpc) is 3.95. The maximum absolute atomic E-state index is 5.37. The number of pyridine rings is 1. The van der Waals surface area contributed by atoms with E-state index in [-0.39, 0.29) is 0 Å². The van der Waals surface area contributed by atoms with Crippen molar-refractivity contribution in [3.05, 3.63) is 243 Å². The average molecular weight is 869 g/mol. The smallest absolute Gasteiger partial charge is 0.238 e. The summed E-state index contributed by atoms with van der Waals surface area (Å²) in [5, 5.41) is 4.66. The third-order valence-corrected chi connectivity index (χ3v) is 13.1. The molecule has 4 heterocycles. The first-order chi connectivity index (χ1) is 33.7. The minimum Gasteiger partial charge on any atom is -0.309 e. The van der Waals surface area contributed by atoms with E-state index in [9.17, 15) is 0 Å². The van der Waals surface area contributed by atoms with Crippen molar-refractivity contribution in [3.63, 3.8) is 0 Å². The van der Waals surface area contributed by atoms with Gasteiger partial charge in [-0.05, 0) is 76.3 Å². The minimum atomic E-state index is 0.526. The molecule has 0 N–H and O–H groups in total. The number of hydrogen-bond donors (Lipinski definition) is 0. The SMILES string of the molecule is c1ccc(-c2cccc(-c3nc(-c4ccc(-c5cc(-c6ccccc6)ccc5-n5c6ccccc6c6ccccc65)nc4)nc(-n4c5ccccc5c5cccc(-c6ccccc6)c54)n3)c2)cc1. The Morgan fingerprint density at radius 2 is 0.779 bits per heavy atom. The van der Waals surface area contributed by atoms with Gasteiger partial charge in [0.2, 0.25) is 5.95 Å². The molecular weight excluding hydrogens is 829 g/mol. The zero-order chi connectivity index (χ0) is 45.0. The van der Waals surface area contributed by atoms with Crippen LogP contribution in [0.2, 0.25) is 0 Å². The largest absolute Gasteiger partial charge is 0.309 e. The van der Waals surface area contributed by atoms with Crippen LogP contribution in [-0.4, -0.2) is 29.1 Å². The van der Waals surface area contributed by atoms with Gasteiger partial charge >= 0.3 is 0 Å². The lowest BCUT2D eigenvalue weighted by atomic mass is 9.99. The molecule has 0 saturated heterocycles. The van der Waals surface area contributed by atoms with E-state index in [1.807, 2.05) is 12.3 Å². The number of rotatable bonds is 8. The van der Waals surface area contributed by atoms with Crippen molar-refractivity contribution < 1.29 is 0 Å². The Morgan fingerprint density at radius 1 is 0.294 bits per heavy atom. The van der Waals surface area contributed by atoms with Gasteiger partial charge in [-0.2, -0.15) is 9.97 Å². The van der Waals surface area contributed by atoms with E-state index in [0.29, 0.717) is 17.6 Å². The summed E-state index contributed by atoms with van der Waals surface area (Å²) in [4.78, 5) is 21.3. The summed E-state index contributed by atoms with van der Waals surface area (Å²) < 4.78 is 4.57. The van der Waals surface area contributed by atoms with Crippen LogP contribution in [0.4, 0.5) is 0 Å². The van der Waals surface area contributed by atoms with Gasteiger partial charge < -0.3 is 4.57 Å². The predicted molar refractivity (Wildman–Crippen MR) is 279 cm³/mol. The second kappa shape index (κ2) is 16.3. The van der Waals surface area contributed by atoms with Crippen molar-refractivity contribution >= 4 is 43.6 Å². The molecule has 0 aliphatic heterocycles. The molecule has 0 unspecified atom stereocenters. The Bertz CT molecular complexity index is 3950. The summed E-state index contributed by atoms with van der Waals surface area (Å²) in [6, 6.07) is 83.1. The Hall–Kier alpha value is -9.26. The summed E-state index contributed by atoms with van der Waals surface area (Å²) in [6.45, 7) is 0. The number of aromatic nitrogens is 6. The van der Waals surface area contributed by atoms with Crippen molar-refractivity contribution in [1.82, 2.24) is 29.1 Å². The molecule has 0 spiro atoms. The molecule has 0 aliphatic rings. The van der Waals surface area contributed by atoms with Crippen LogP contribution in [0.25, 0.3) is 123 Å². The van der Waals surface area contributed by atoms with Crippen LogP contribution in [0.5, 0.6) is 0 Å². The number of nitrogens with zero attached hydrogens (tertiary/aromatic N) is 6. The highest BCUT2D eigenvalue weighted by atomic mass is 15.2. The monoisotopic (exact) mass is 868 g/mol. The lowest BCUT2D eigenvalue weighted by Gasteiger charge is -2.16. The molecule has 0 radical (unpaired) electrons. The highest BCUT2D eigenvalue weighted by Crippen LogP contribution is 2.40. The maximum Gasteiger partial charge on any atom is 0.238 e. The molecule has 0 atom stereocenters. The fourth-order valence-electron chi connectivity index (χ4n) is 9.88. The topological polar surface area (TPSA) is 61.4 Å². The number of benzene rings is 9. The van der Waals surface area contributed by atoms with Crippen LogP contribution in [-0.2, 0) is 0 Å². The standard InChI is InChI=1S/C62H40N6/c1-4-18-41(19-5-1)44-24-16-25-46(38-44)60-64-61(66-62(65-60)68-57-33-15-12-28-51(57)52-30-17-29-48(59(52)68)43-22-8-3-9-23-43)47-34-36-54(63-40-47)53-39-45(42-20-6-2-7-21-42)35-37-58(53)67-55-31-13-10-26-49(55)50-27-11-14-32-56(50)67/h1-40H. The van der Waals surface area contributed by atoms with Crippen molar-refractivity contribution in [3.8, 4) is 79.0 Å². The molecule has 318 valence electrons. The molecule has 13 rings (SSSR count). The van der Waals surface area contributed by atoms with Gasteiger partial charge in [0.25, 0.3) is 0 Å². The molecule has 9 aromatic carbocycles. The molecule has 4 aromatic heterocycles. The van der Waals surface area contributed by atoms with E-state index in [0.717, 1.165) is 94.3 Å². The van der Waals surface area contributed by atoms with Crippen LogP contribution in [0.3, 0.4) is 0 Å². The summed E-state index contributed by atoms with van der Waals surface area (Å²) in [7, 11) is 0. The van der Waals surface area contributed by atoms with E-state index in [2.05, 4.69) is 240 Å². The van der Waals surface area contributed by atoms with E-state index in [4.69, 9.17) is 19.9 Å². The molecule has 13 aromatic rings. The lowest BCUT2D eigenvalue weighted by molar-refractivity contribution is 0.953. The van der Waals surface area contributed by atoms with E-state index in [1.54, 1.807) is 0 Å². The molecule has 0 amide bonds. The normalized spacial score (nSPS) is 11.5. The Morgan fingerprint density at radius 3 is 1.41 bits per heavy atom. The molecule has 6 heteroatoms. The van der Waals surface area contributed by atoms with Gasteiger partial charge in [0.15, 0.2) is 11.6 Å². The Balaban J connectivity index is 1.02. The van der Waals surface area contributed by atoms with Gasteiger partial charge in [-0.25, -0.2) is 4.98 Å². The third kappa shape index (κ3) is 6.66. The van der Waals surface area contributed by atoms with E-state index >= 15 is 0 Å². The fourth-order valence-corrected chi connectivity index (χ4v) is 9.88. The van der Waals surface area contributed by atoms with Gasteiger partial charge in [0.1, 0.15) is 0 Å². The van der Waals surface area contributed by atoms with Gasteiger partial charge in [-0.3, -0.25) is 9.55 Å². The van der Waals surface area contributed by atoms with Crippen LogP contribution in [0, 0.1) is 0 Å². The number of hydrogen-bond acceptors (Lipinski definition) is 4. The first kappa shape index (κ1) is 39.1. The molecule has 0 aliphatic carbocycles. The maximum atomic E-state index is 5.37. The molecular formula is C62H40N6. The Labute approximate surface area is 392 Å². The van der Waals surface area contributed by atoms with E-state index < -0.39 is 0 Å². The lowest BCUT2D eigenvalue weighted by Crippen LogP contribution is -2.07. The summed E-state index contributed by atoms with van der Waals surface area (Å²) in [5.74, 6) is 1.62. The quantitative estimate of drug-likeness (QED) is 0.153. The van der Waals surface area contributed by atoms with Crippen molar-refractivity contribution in [2.24, 2.45) is 0 Å². The number of para-hydroxylation sites is 4. The molecule has 68 heavy (non-hydrogen) atoms. The van der Waals surface area contributed by atoms with Crippen LogP contribution >= 0.6 is 0 Å². The molecule has 0 fully saturated rings. The van der Waals surface area contributed by atoms with Crippen LogP contribution in [0.15, 0.2) is 243 Å². The van der Waals surface area contributed by atoms with Gasteiger partial charge in [0.05, 0.1) is 33.4 Å². The summed E-state index contributed by atoms with van der Waals surface area (Å²) in [5.41, 5.74) is 15.5. The zero-order valence-corrected chi connectivity index (χ0v) is 36.8. The molecule has 0 saturated carbocycles. The molecule has 0 bridgehead atoms. The van der Waals surface area contributed by atoms with Gasteiger partial charge in [-0.15, -0.1) is 0 Å². The Kier molecular flexibility index (Phi) is 9.39. The predicted octanol–water partition coefficient (Wildman–Crippen LogP) is 15.5. The van der Waals surface area contributed by atoms with Crippen molar-refractivity contribution in [2.45, 2.75) is 0 Å². The minimum absolute atomic E-state index is 0.526. The zero-order valence-electron chi connectivity index (χ0n) is 36.8. The first-order valence-electron chi connectivity index (χ1n) is 22.9. The van der Waals surface area contributed by atoms with E-state index in [1.165, 1.54) is 10.8 Å². The summed E-state index contributed by atoms with van der Waals surface area (Å²) in [6.07, 6.45) is 1.91. The highest BCUT2D eigenvalue weighted by Gasteiger charge is 2.22. The van der Waals surface area contributed by atoms with Crippen molar-refractivity contribution in [2.75, 3.05) is 0 Å².